The second kappa shape index (κ2) is 6.15. The Morgan fingerprint density at radius 3 is 2.63 bits per heavy atom. The van der Waals surface area contributed by atoms with Crippen LogP contribution in [0.3, 0.4) is 0 Å². The SMILES string of the molecule is CNC1CCN(c2ccc(OC)cc2OC)CC1C. The summed E-state index contributed by atoms with van der Waals surface area (Å²) in [5.41, 5.74) is 1.16. The summed E-state index contributed by atoms with van der Waals surface area (Å²) in [4.78, 5) is 2.40. The Morgan fingerprint density at radius 1 is 1.26 bits per heavy atom. The molecule has 0 amide bonds. The molecule has 1 aliphatic heterocycles. The highest BCUT2D eigenvalue weighted by atomic mass is 16.5. The fraction of sp³-hybridized carbons (Fsp3) is 0.600. The van der Waals surface area contributed by atoms with Gasteiger partial charge in [0.2, 0.25) is 0 Å². The average Bonchev–Trinajstić information content (AvgIpc) is 2.46. The number of anilines is 1. The topological polar surface area (TPSA) is 33.7 Å². The molecule has 106 valence electrons. The Balaban J connectivity index is 2.18. The third-order valence-corrected chi connectivity index (χ3v) is 4.00. The van der Waals surface area contributed by atoms with Gasteiger partial charge in [0.25, 0.3) is 0 Å². The first-order chi connectivity index (χ1) is 9.19. The Bertz CT molecular complexity index is 423. The van der Waals surface area contributed by atoms with E-state index in [-0.39, 0.29) is 0 Å². The third kappa shape index (κ3) is 2.95. The van der Waals surface area contributed by atoms with Gasteiger partial charge in [0.15, 0.2) is 0 Å². The Kier molecular flexibility index (Phi) is 4.53. The largest absolute Gasteiger partial charge is 0.497 e. The van der Waals surface area contributed by atoms with Gasteiger partial charge in [-0.05, 0) is 31.5 Å². The van der Waals surface area contributed by atoms with E-state index < -0.39 is 0 Å². The molecule has 1 aliphatic rings. The molecule has 1 N–H and O–H groups in total. The minimum atomic E-state index is 0.612. The van der Waals surface area contributed by atoms with Crippen molar-refractivity contribution in [2.24, 2.45) is 5.92 Å². The molecular formula is C15H24N2O2. The summed E-state index contributed by atoms with van der Waals surface area (Å²) in [6.07, 6.45) is 1.16. The van der Waals surface area contributed by atoms with Crippen molar-refractivity contribution in [1.29, 1.82) is 0 Å². The molecule has 2 atom stereocenters. The molecule has 1 fully saturated rings. The highest BCUT2D eigenvalue weighted by Gasteiger charge is 2.26. The van der Waals surface area contributed by atoms with E-state index in [0.717, 1.165) is 36.7 Å². The summed E-state index contributed by atoms with van der Waals surface area (Å²) in [6.45, 7) is 4.40. The zero-order chi connectivity index (χ0) is 13.8. The molecule has 4 heteroatoms. The normalized spacial score (nSPS) is 23.3. The number of hydrogen-bond acceptors (Lipinski definition) is 4. The molecular weight excluding hydrogens is 240 g/mol. The second-order valence-corrected chi connectivity index (χ2v) is 5.14. The van der Waals surface area contributed by atoms with Gasteiger partial charge < -0.3 is 19.7 Å². The number of ether oxygens (including phenoxy) is 2. The van der Waals surface area contributed by atoms with E-state index in [0.29, 0.717) is 12.0 Å². The Labute approximate surface area is 115 Å². The van der Waals surface area contributed by atoms with E-state index in [1.54, 1.807) is 14.2 Å². The molecule has 0 spiro atoms. The molecule has 2 rings (SSSR count). The van der Waals surface area contributed by atoms with Gasteiger partial charge in [-0.2, -0.15) is 0 Å². The molecule has 1 aromatic carbocycles. The first-order valence-electron chi connectivity index (χ1n) is 6.83. The molecule has 1 heterocycles. The monoisotopic (exact) mass is 264 g/mol. The third-order valence-electron chi connectivity index (χ3n) is 4.00. The van der Waals surface area contributed by atoms with E-state index in [2.05, 4.69) is 23.2 Å². The lowest BCUT2D eigenvalue weighted by Crippen LogP contribution is -2.47. The lowest BCUT2D eigenvalue weighted by molar-refractivity contribution is 0.335. The highest BCUT2D eigenvalue weighted by Crippen LogP contribution is 2.34. The molecule has 0 bridgehead atoms. The molecule has 19 heavy (non-hydrogen) atoms. The van der Waals surface area contributed by atoms with Crippen molar-refractivity contribution < 1.29 is 9.47 Å². The number of nitrogens with one attached hydrogen (secondary N) is 1. The van der Waals surface area contributed by atoms with Crippen molar-refractivity contribution in [2.45, 2.75) is 19.4 Å². The lowest BCUT2D eigenvalue weighted by atomic mass is 9.93. The van der Waals surface area contributed by atoms with Gasteiger partial charge in [-0.3, -0.25) is 0 Å². The first kappa shape index (κ1) is 14.0. The number of rotatable bonds is 4. The van der Waals surface area contributed by atoms with E-state index in [1.807, 2.05) is 19.2 Å². The van der Waals surface area contributed by atoms with Gasteiger partial charge in [0, 0.05) is 25.2 Å². The molecule has 0 aromatic heterocycles. The van der Waals surface area contributed by atoms with Crippen LogP contribution < -0.4 is 19.7 Å². The quantitative estimate of drug-likeness (QED) is 0.903. The van der Waals surface area contributed by atoms with Crippen LogP contribution in [0.4, 0.5) is 5.69 Å². The fourth-order valence-electron chi connectivity index (χ4n) is 2.84. The van der Waals surface area contributed by atoms with Crippen molar-refractivity contribution in [3.8, 4) is 11.5 Å². The highest BCUT2D eigenvalue weighted by molar-refractivity contribution is 5.61. The van der Waals surface area contributed by atoms with E-state index in [1.165, 1.54) is 0 Å². The van der Waals surface area contributed by atoms with Crippen LogP contribution in [-0.2, 0) is 0 Å². The van der Waals surface area contributed by atoms with Crippen molar-refractivity contribution in [3.05, 3.63) is 18.2 Å². The molecule has 4 nitrogen and oxygen atoms in total. The zero-order valence-electron chi connectivity index (χ0n) is 12.3. The molecule has 1 aromatic rings. The Hall–Kier alpha value is -1.42. The van der Waals surface area contributed by atoms with Gasteiger partial charge in [-0.15, -0.1) is 0 Å². The first-order valence-corrected chi connectivity index (χ1v) is 6.83. The van der Waals surface area contributed by atoms with E-state index in [4.69, 9.17) is 9.47 Å². The van der Waals surface area contributed by atoms with Gasteiger partial charge in [-0.25, -0.2) is 0 Å². The number of methoxy groups -OCH3 is 2. The Morgan fingerprint density at radius 2 is 2.05 bits per heavy atom. The number of benzene rings is 1. The van der Waals surface area contributed by atoms with Crippen LogP contribution in [0.5, 0.6) is 11.5 Å². The number of piperidine rings is 1. The van der Waals surface area contributed by atoms with Crippen LogP contribution in [0.1, 0.15) is 13.3 Å². The zero-order valence-corrected chi connectivity index (χ0v) is 12.3. The fourth-order valence-corrected chi connectivity index (χ4v) is 2.84. The molecule has 0 aliphatic carbocycles. The predicted octanol–water partition coefficient (Wildman–Crippen LogP) is 2.14. The molecule has 0 radical (unpaired) electrons. The van der Waals surface area contributed by atoms with Gasteiger partial charge >= 0.3 is 0 Å². The lowest BCUT2D eigenvalue weighted by Gasteiger charge is -2.38. The maximum Gasteiger partial charge on any atom is 0.145 e. The summed E-state index contributed by atoms with van der Waals surface area (Å²) in [7, 11) is 5.43. The number of hydrogen-bond donors (Lipinski definition) is 1. The predicted molar refractivity (Wildman–Crippen MR) is 78.4 cm³/mol. The van der Waals surface area contributed by atoms with Gasteiger partial charge in [-0.1, -0.05) is 6.92 Å². The summed E-state index contributed by atoms with van der Waals surface area (Å²) in [5, 5.41) is 3.39. The van der Waals surface area contributed by atoms with Gasteiger partial charge in [0.05, 0.1) is 19.9 Å². The van der Waals surface area contributed by atoms with E-state index >= 15 is 0 Å². The van der Waals surface area contributed by atoms with Crippen molar-refractivity contribution in [2.75, 3.05) is 39.3 Å². The maximum absolute atomic E-state index is 5.49. The van der Waals surface area contributed by atoms with Crippen molar-refractivity contribution in [1.82, 2.24) is 5.32 Å². The summed E-state index contributed by atoms with van der Waals surface area (Å²) >= 11 is 0. The standard InChI is InChI=1S/C15H24N2O2/c1-11-10-17(8-7-13(11)16-2)14-6-5-12(18-3)9-15(14)19-4/h5-6,9,11,13,16H,7-8,10H2,1-4H3. The smallest absolute Gasteiger partial charge is 0.145 e. The van der Waals surface area contributed by atoms with Crippen LogP contribution in [0.25, 0.3) is 0 Å². The summed E-state index contributed by atoms with van der Waals surface area (Å²) in [5.74, 6) is 2.35. The molecule has 0 saturated carbocycles. The minimum Gasteiger partial charge on any atom is -0.497 e. The summed E-state index contributed by atoms with van der Waals surface area (Å²) < 4.78 is 10.7. The number of nitrogens with zero attached hydrogens (tertiary/aromatic N) is 1. The molecule has 1 saturated heterocycles. The van der Waals surface area contributed by atoms with E-state index in [9.17, 15) is 0 Å². The van der Waals surface area contributed by atoms with Crippen LogP contribution in [0, 0.1) is 5.92 Å². The van der Waals surface area contributed by atoms with Crippen molar-refractivity contribution in [3.63, 3.8) is 0 Å². The van der Waals surface area contributed by atoms with Crippen molar-refractivity contribution >= 4 is 5.69 Å². The minimum absolute atomic E-state index is 0.612. The molecule has 2 unspecified atom stereocenters. The van der Waals surface area contributed by atoms with Crippen LogP contribution in [0.15, 0.2) is 18.2 Å². The van der Waals surface area contributed by atoms with Gasteiger partial charge in [0.1, 0.15) is 11.5 Å². The summed E-state index contributed by atoms with van der Waals surface area (Å²) in [6, 6.07) is 6.64. The maximum atomic E-state index is 5.49. The second-order valence-electron chi connectivity index (χ2n) is 5.14. The average molecular weight is 264 g/mol. The van der Waals surface area contributed by atoms with Crippen LogP contribution in [0.2, 0.25) is 0 Å². The van der Waals surface area contributed by atoms with Crippen LogP contribution >= 0.6 is 0 Å². The van der Waals surface area contributed by atoms with Crippen LogP contribution in [-0.4, -0.2) is 40.4 Å².